The fourth-order valence-corrected chi connectivity index (χ4v) is 4.83. The molecular formula is C29H24F3N3O2. The van der Waals surface area contributed by atoms with Crippen molar-refractivity contribution in [2.45, 2.75) is 46.3 Å². The Hall–Kier alpha value is -4.25. The number of allylic oxidation sites excluding steroid dienone is 1. The summed E-state index contributed by atoms with van der Waals surface area (Å²) in [5, 5.41) is 9.68. The zero-order chi connectivity index (χ0) is 26.3. The Labute approximate surface area is 212 Å². The van der Waals surface area contributed by atoms with Crippen molar-refractivity contribution < 1.29 is 22.6 Å². The van der Waals surface area contributed by atoms with Crippen LogP contribution in [0.4, 0.5) is 13.2 Å². The van der Waals surface area contributed by atoms with Gasteiger partial charge in [-0.3, -0.25) is 0 Å². The van der Waals surface area contributed by atoms with Gasteiger partial charge in [0.05, 0.1) is 17.5 Å². The Morgan fingerprint density at radius 2 is 1.95 bits per heavy atom. The number of aromatic nitrogens is 2. The van der Waals surface area contributed by atoms with Gasteiger partial charge in [-0.15, -0.1) is 0 Å². The molecule has 5 nitrogen and oxygen atoms in total. The molecule has 0 radical (unpaired) electrons. The number of rotatable bonds is 5. The SMILES string of the molecule is C/C(C#N)=C1/c2ccc(Cc3c(C(C)C)nc4c(OC(F)F)cccn34)cc2COc2cc(F)ccc21. The van der Waals surface area contributed by atoms with Crippen LogP contribution in [-0.4, -0.2) is 16.0 Å². The first-order chi connectivity index (χ1) is 17.8. The van der Waals surface area contributed by atoms with Crippen molar-refractivity contribution in [2.24, 2.45) is 0 Å². The van der Waals surface area contributed by atoms with Crippen molar-refractivity contribution in [3.63, 3.8) is 0 Å². The highest BCUT2D eigenvalue weighted by molar-refractivity contribution is 5.88. The summed E-state index contributed by atoms with van der Waals surface area (Å²) in [6.45, 7) is 3.00. The minimum absolute atomic E-state index is 0.0210. The molecule has 1 aliphatic heterocycles. The van der Waals surface area contributed by atoms with E-state index in [1.807, 2.05) is 32.0 Å². The molecule has 4 aromatic rings. The quantitative estimate of drug-likeness (QED) is 0.275. The summed E-state index contributed by atoms with van der Waals surface area (Å²) in [5.41, 5.74) is 6.55. The van der Waals surface area contributed by atoms with Gasteiger partial charge < -0.3 is 13.9 Å². The van der Waals surface area contributed by atoms with Crippen molar-refractivity contribution in [1.29, 1.82) is 5.26 Å². The minimum Gasteiger partial charge on any atom is -0.488 e. The van der Waals surface area contributed by atoms with Gasteiger partial charge in [0.15, 0.2) is 11.4 Å². The van der Waals surface area contributed by atoms with E-state index in [9.17, 15) is 18.4 Å². The lowest BCUT2D eigenvalue weighted by Gasteiger charge is -2.13. The average Bonchev–Trinajstić information content (AvgIpc) is 3.15. The summed E-state index contributed by atoms with van der Waals surface area (Å²) in [7, 11) is 0. The number of imidazole rings is 1. The summed E-state index contributed by atoms with van der Waals surface area (Å²) in [6.07, 6.45) is 2.27. The van der Waals surface area contributed by atoms with Gasteiger partial charge in [-0.1, -0.05) is 32.0 Å². The van der Waals surface area contributed by atoms with Gasteiger partial charge in [-0.2, -0.15) is 14.0 Å². The van der Waals surface area contributed by atoms with E-state index in [0.29, 0.717) is 34.5 Å². The van der Waals surface area contributed by atoms with Crippen LogP contribution in [0.3, 0.4) is 0 Å². The van der Waals surface area contributed by atoms with E-state index < -0.39 is 12.4 Å². The third-order valence-corrected chi connectivity index (χ3v) is 6.46. The lowest BCUT2D eigenvalue weighted by atomic mass is 9.89. The maximum Gasteiger partial charge on any atom is 0.387 e. The summed E-state index contributed by atoms with van der Waals surface area (Å²) in [5.74, 6) is 0.0459. The second kappa shape index (κ2) is 9.66. The van der Waals surface area contributed by atoms with E-state index in [1.54, 1.807) is 29.7 Å². The van der Waals surface area contributed by atoms with Crippen molar-refractivity contribution in [2.75, 3.05) is 0 Å². The summed E-state index contributed by atoms with van der Waals surface area (Å²) in [6, 6.07) is 15.6. The molecule has 0 atom stereocenters. The van der Waals surface area contributed by atoms with Crippen LogP contribution in [0.25, 0.3) is 11.2 Å². The smallest absolute Gasteiger partial charge is 0.387 e. The molecule has 0 fully saturated rings. The maximum atomic E-state index is 14.0. The van der Waals surface area contributed by atoms with Gasteiger partial charge in [-0.05, 0) is 53.8 Å². The van der Waals surface area contributed by atoms with Crippen LogP contribution in [-0.2, 0) is 13.0 Å². The molecule has 0 N–H and O–H groups in total. The van der Waals surface area contributed by atoms with Crippen LogP contribution in [0.15, 0.2) is 60.3 Å². The number of fused-ring (bicyclic) bond motifs is 3. The van der Waals surface area contributed by atoms with E-state index in [0.717, 1.165) is 28.1 Å². The fraction of sp³-hybridized carbons (Fsp3) is 0.241. The number of ether oxygens (including phenoxy) is 2. The Morgan fingerprint density at radius 3 is 2.68 bits per heavy atom. The van der Waals surface area contributed by atoms with Gasteiger partial charge in [0.2, 0.25) is 0 Å². The number of nitrogens with zero attached hydrogens (tertiary/aromatic N) is 3. The highest BCUT2D eigenvalue weighted by Crippen LogP contribution is 2.39. The number of hydrogen-bond acceptors (Lipinski definition) is 4. The largest absolute Gasteiger partial charge is 0.488 e. The minimum atomic E-state index is -2.95. The van der Waals surface area contributed by atoms with E-state index >= 15 is 0 Å². The molecular weight excluding hydrogens is 479 g/mol. The van der Waals surface area contributed by atoms with Crippen molar-refractivity contribution in [3.05, 3.63) is 99.8 Å². The molecule has 3 heterocycles. The molecule has 0 spiro atoms. The number of hydrogen-bond donors (Lipinski definition) is 0. The average molecular weight is 504 g/mol. The van der Waals surface area contributed by atoms with E-state index in [2.05, 4.69) is 11.1 Å². The van der Waals surface area contributed by atoms with Gasteiger partial charge in [0, 0.05) is 35.4 Å². The molecule has 1 aliphatic rings. The molecule has 0 amide bonds. The predicted octanol–water partition coefficient (Wildman–Crippen LogP) is 7.03. The van der Waals surface area contributed by atoms with Crippen LogP contribution in [0.5, 0.6) is 11.5 Å². The van der Waals surface area contributed by atoms with Crippen LogP contribution in [0, 0.1) is 17.1 Å². The summed E-state index contributed by atoms with van der Waals surface area (Å²) in [4.78, 5) is 4.65. The molecule has 0 unspecified atom stereocenters. The van der Waals surface area contributed by atoms with E-state index in [-0.39, 0.29) is 18.3 Å². The molecule has 5 rings (SSSR count). The zero-order valence-corrected chi connectivity index (χ0v) is 20.6. The number of pyridine rings is 1. The Kier molecular flexibility index (Phi) is 6.38. The first-order valence-corrected chi connectivity index (χ1v) is 11.9. The monoisotopic (exact) mass is 503 g/mol. The Balaban J connectivity index is 1.60. The van der Waals surface area contributed by atoms with Crippen LogP contribution >= 0.6 is 0 Å². The Morgan fingerprint density at radius 1 is 1.16 bits per heavy atom. The standard InChI is InChI=1S/C29H24F3N3O2/c1-16(2)27-23(35-10-4-5-24(28(35)34-27)37-29(31)32)12-18-6-8-21-19(11-18)15-36-25-13-20(30)7-9-22(25)26(21)17(3)14-33/h4-11,13,16,29H,12,15H2,1-3H3/b26-17+. The molecule has 0 aliphatic carbocycles. The lowest BCUT2D eigenvalue weighted by molar-refractivity contribution is -0.0491. The van der Waals surface area contributed by atoms with Gasteiger partial charge in [0.1, 0.15) is 18.2 Å². The summed E-state index contributed by atoms with van der Waals surface area (Å²) < 4.78 is 52.4. The van der Waals surface area contributed by atoms with Crippen LogP contribution < -0.4 is 9.47 Å². The first kappa shape index (κ1) is 24.4. The topological polar surface area (TPSA) is 59.5 Å². The lowest BCUT2D eigenvalue weighted by Crippen LogP contribution is -2.04. The maximum absolute atomic E-state index is 14.0. The van der Waals surface area contributed by atoms with Gasteiger partial charge >= 0.3 is 6.61 Å². The van der Waals surface area contributed by atoms with Crippen LogP contribution in [0.1, 0.15) is 60.3 Å². The second-order valence-corrected chi connectivity index (χ2v) is 9.25. The number of halogens is 3. The van der Waals surface area contributed by atoms with Gasteiger partial charge in [-0.25, -0.2) is 9.37 Å². The molecule has 0 saturated carbocycles. The third kappa shape index (κ3) is 4.53. The molecule has 2 aromatic carbocycles. The number of nitriles is 1. The zero-order valence-electron chi connectivity index (χ0n) is 20.6. The fourth-order valence-electron chi connectivity index (χ4n) is 4.83. The van der Waals surface area contributed by atoms with Crippen molar-refractivity contribution in [1.82, 2.24) is 9.38 Å². The van der Waals surface area contributed by atoms with E-state index in [4.69, 9.17) is 9.47 Å². The molecule has 8 heteroatoms. The van der Waals surface area contributed by atoms with E-state index in [1.165, 1.54) is 18.2 Å². The first-order valence-electron chi connectivity index (χ1n) is 11.9. The number of benzene rings is 2. The van der Waals surface area contributed by atoms with Crippen molar-refractivity contribution >= 4 is 11.2 Å². The molecule has 37 heavy (non-hydrogen) atoms. The highest BCUT2D eigenvalue weighted by atomic mass is 19.3. The number of alkyl halides is 2. The van der Waals surface area contributed by atoms with Gasteiger partial charge in [0.25, 0.3) is 0 Å². The molecule has 0 bridgehead atoms. The predicted molar refractivity (Wildman–Crippen MR) is 133 cm³/mol. The second-order valence-electron chi connectivity index (χ2n) is 9.25. The normalized spacial score (nSPS) is 14.1. The molecule has 2 aromatic heterocycles. The molecule has 0 saturated heterocycles. The Bertz CT molecular complexity index is 1580. The summed E-state index contributed by atoms with van der Waals surface area (Å²) >= 11 is 0. The molecule has 188 valence electrons. The highest BCUT2D eigenvalue weighted by Gasteiger charge is 2.24. The third-order valence-electron chi connectivity index (χ3n) is 6.46. The van der Waals surface area contributed by atoms with Crippen molar-refractivity contribution in [3.8, 4) is 17.6 Å². The van der Waals surface area contributed by atoms with Crippen LogP contribution in [0.2, 0.25) is 0 Å².